The Balaban J connectivity index is 3.05. The summed E-state index contributed by atoms with van der Waals surface area (Å²) in [7, 11) is 0. The van der Waals surface area contributed by atoms with Gasteiger partial charge in [-0.25, -0.2) is 9.98 Å². The Morgan fingerprint density at radius 2 is 2.23 bits per heavy atom. The predicted octanol–water partition coefficient (Wildman–Crippen LogP) is 0.442. The number of hydrogen-bond donors (Lipinski definition) is 4. The van der Waals surface area contributed by atoms with Crippen molar-refractivity contribution in [2.45, 2.75) is 19.4 Å². The molecule has 1 amide bonds. The second-order valence-electron chi connectivity index (χ2n) is 5.02. The lowest BCUT2D eigenvalue weighted by atomic mass is 10.1. The number of carbonyl (C=O) groups is 1. The van der Waals surface area contributed by atoms with Gasteiger partial charge >= 0.3 is 0 Å². The van der Waals surface area contributed by atoms with Gasteiger partial charge in [0.05, 0.1) is 11.3 Å². The molecular weight excluding hydrogens is 282 g/mol. The van der Waals surface area contributed by atoms with Gasteiger partial charge in [0.15, 0.2) is 5.82 Å². The van der Waals surface area contributed by atoms with Crippen molar-refractivity contribution in [3.05, 3.63) is 48.3 Å². The Kier molecular flexibility index (Phi) is 5.82. The minimum atomic E-state index is -1.10. The van der Waals surface area contributed by atoms with Crippen LogP contribution in [0.2, 0.25) is 0 Å². The first-order chi connectivity index (χ1) is 10.3. The van der Waals surface area contributed by atoms with Gasteiger partial charge < -0.3 is 21.9 Å². The fourth-order valence-corrected chi connectivity index (χ4v) is 1.55. The minimum Gasteiger partial charge on any atom is -0.404 e. The van der Waals surface area contributed by atoms with E-state index in [0.29, 0.717) is 5.69 Å². The Hall–Kier alpha value is -2.67. The molecule has 1 aromatic heterocycles. The number of amides is 1. The number of amidine groups is 1. The number of hydrogen-bond acceptors (Lipinski definition) is 5. The first kappa shape index (κ1) is 17.4. The highest BCUT2D eigenvalue weighted by atomic mass is 16.3. The molecule has 0 saturated carbocycles. The van der Waals surface area contributed by atoms with Crippen LogP contribution in [0.3, 0.4) is 0 Å². The highest BCUT2D eigenvalue weighted by Gasteiger charge is 2.18. The molecule has 1 aromatic rings. The molecule has 118 valence electrons. The fraction of sp³-hybridized carbons (Fsp3) is 0.267. The van der Waals surface area contributed by atoms with E-state index in [9.17, 15) is 9.90 Å². The normalized spacial score (nSPS) is 12.9. The summed E-state index contributed by atoms with van der Waals surface area (Å²) in [4.78, 5) is 20.1. The molecule has 0 aliphatic carbocycles. The molecule has 0 spiro atoms. The van der Waals surface area contributed by atoms with Gasteiger partial charge in [0.1, 0.15) is 11.4 Å². The number of carbonyl (C=O) groups excluding carboxylic acids is 1. The third kappa shape index (κ3) is 4.71. The topological polar surface area (TPSA) is 127 Å². The second-order valence-corrected chi connectivity index (χ2v) is 5.02. The third-order valence-electron chi connectivity index (χ3n) is 2.69. The van der Waals surface area contributed by atoms with Gasteiger partial charge in [-0.1, -0.05) is 12.1 Å². The molecule has 0 unspecified atom stereocenters. The molecule has 0 aromatic carbocycles. The molecule has 0 bridgehead atoms. The van der Waals surface area contributed by atoms with Crippen LogP contribution >= 0.6 is 0 Å². The van der Waals surface area contributed by atoms with Gasteiger partial charge in [-0.3, -0.25) is 4.79 Å². The maximum atomic E-state index is 11.9. The van der Waals surface area contributed by atoms with E-state index in [1.807, 2.05) is 0 Å². The van der Waals surface area contributed by atoms with Crippen LogP contribution in [0, 0.1) is 0 Å². The predicted molar refractivity (Wildman–Crippen MR) is 86.2 cm³/mol. The summed E-state index contributed by atoms with van der Waals surface area (Å²) < 4.78 is 0. The van der Waals surface area contributed by atoms with Gasteiger partial charge in [0.25, 0.3) is 5.91 Å². The monoisotopic (exact) mass is 303 g/mol. The van der Waals surface area contributed by atoms with E-state index in [4.69, 9.17) is 11.5 Å². The van der Waals surface area contributed by atoms with Gasteiger partial charge in [0.2, 0.25) is 0 Å². The number of rotatable bonds is 6. The lowest BCUT2D eigenvalue weighted by molar-refractivity contribution is -0.116. The maximum absolute atomic E-state index is 11.9. The van der Waals surface area contributed by atoms with Gasteiger partial charge in [-0.15, -0.1) is 6.58 Å². The van der Waals surface area contributed by atoms with Crippen LogP contribution in [0.1, 0.15) is 19.5 Å². The number of nitrogens with zero attached hydrogens (tertiary/aromatic N) is 2. The standard InChI is InChI=1S/C15H21N5O2/c1-4-8-18-14(21)10(9-16)13(17)20-12-7-5-6-11(19-12)15(2,3)22/h4-7,9,22H,1,8,16H2,2-3H3,(H,18,21)(H2,17,19,20)/b10-9+. The summed E-state index contributed by atoms with van der Waals surface area (Å²) in [5.74, 6) is -0.250. The number of nitrogens with two attached hydrogens (primary N) is 2. The summed E-state index contributed by atoms with van der Waals surface area (Å²) >= 11 is 0. The molecular formula is C15H21N5O2. The summed E-state index contributed by atoms with van der Waals surface area (Å²) in [6.07, 6.45) is 2.62. The van der Waals surface area contributed by atoms with Crippen LogP contribution in [0.5, 0.6) is 0 Å². The van der Waals surface area contributed by atoms with Crippen LogP contribution in [0.25, 0.3) is 0 Å². The zero-order valence-corrected chi connectivity index (χ0v) is 12.7. The molecule has 0 saturated heterocycles. The van der Waals surface area contributed by atoms with E-state index in [1.54, 1.807) is 32.0 Å². The van der Waals surface area contributed by atoms with Crippen molar-refractivity contribution in [3.63, 3.8) is 0 Å². The van der Waals surface area contributed by atoms with E-state index < -0.39 is 11.5 Å². The number of nitrogens with one attached hydrogen (secondary N) is 1. The van der Waals surface area contributed by atoms with E-state index >= 15 is 0 Å². The van der Waals surface area contributed by atoms with E-state index in [-0.39, 0.29) is 23.8 Å². The fourth-order valence-electron chi connectivity index (χ4n) is 1.55. The van der Waals surface area contributed by atoms with Crippen LogP contribution in [-0.4, -0.2) is 28.4 Å². The lowest BCUT2D eigenvalue weighted by Crippen LogP contribution is -2.32. The van der Waals surface area contributed by atoms with Gasteiger partial charge in [0, 0.05) is 12.7 Å². The quantitative estimate of drug-likeness (QED) is 0.262. The molecule has 22 heavy (non-hydrogen) atoms. The molecule has 7 nitrogen and oxygen atoms in total. The smallest absolute Gasteiger partial charge is 0.256 e. The van der Waals surface area contributed by atoms with Gasteiger partial charge in [-0.05, 0) is 26.0 Å². The Labute approximate surface area is 129 Å². The maximum Gasteiger partial charge on any atom is 0.256 e. The summed E-state index contributed by atoms with van der Waals surface area (Å²) in [6, 6.07) is 4.97. The Bertz CT molecular complexity index is 615. The molecule has 1 heterocycles. The summed E-state index contributed by atoms with van der Waals surface area (Å²) in [6.45, 7) is 7.01. The molecule has 6 N–H and O–H groups in total. The SMILES string of the molecule is C=CCNC(=O)/C(=C/N)C(N)=Nc1cccc(C(C)(C)O)n1. The van der Waals surface area contributed by atoms with Crippen molar-refractivity contribution >= 4 is 17.6 Å². The van der Waals surface area contributed by atoms with Crippen molar-refractivity contribution in [1.29, 1.82) is 0 Å². The average molecular weight is 303 g/mol. The highest BCUT2D eigenvalue weighted by molar-refractivity contribution is 6.20. The zero-order valence-electron chi connectivity index (χ0n) is 12.7. The van der Waals surface area contributed by atoms with E-state index in [2.05, 4.69) is 21.9 Å². The second kappa shape index (κ2) is 7.37. The van der Waals surface area contributed by atoms with Gasteiger partial charge in [-0.2, -0.15) is 0 Å². The number of aromatic nitrogens is 1. The largest absolute Gasteiger partial charge is 0.404 e. The zero-order chi connectivity index (χ0) is 16.8. The average Bonchev–Trinajstić information content (AvgIpc) is 2.45. The Morgan fingerprint density at radius 3 is 2.77 bits per heavy atom. The third-order valence-corrected chi connectivity index (χ3v) is 2.69. The molecule has 0 atom stereocenters. The van der Waals surface area contributed by atoms with E-state index in [0.717, 1.165) is 6.20 Å². The minimum absolute atomic E-state index is 0.0392. The molecule has 1 rings (SSSR count). The van der Waals surface area contributed by atoms with Crippen molar-refractivity contribution in [1.82, 2.24) is 10.3 Å². The van der Waals surface area contributed by atoms with Crippen LogP contribution < -0.4 is 16.8 Å². The summed E-state index contributed by atoms with van der Waals surface area (Å²) in [5, 5.41) is 12.5. The highest BCUT2D eigenvalue weighted by Crippen LogP contribution is 2.20. The number of aliphatic hydroxyl groups is 1. The molecule has 7 heteroatoms. The molecule has 0 aliphatic rings. The first-order valence-electron chi connectivity index (χ1n) is 6.65. The molecule has 0 fully saturated rings. The Morgan fingerprint density at radius 1 is 1.55 bits per heavy atom. The van der Waals surface area contributed by atoms with Crippen molar-refractivity contribution in [2.24, 2.45) is 16.5 Å². The van der Waals surface area contributed by atoms with Crippen molar-refractivity contribution < 1.29 is 9.90 Å². The van der Waals surface area contributed by atoms with Crippen LogP contribution in [0.15, 0.2) is 47.6 Å². The first-order valence-corrected chi connectivity index (χ1v) is 6.65. The number of pyridine rings is 1. The molecule has 0 aliphatic heterocycles. The number of aliphatic imine (C=N–C) groups is 1. The van der Waals surface area contributed by atoms with Crippen molar-refractivity contribution in [2.75, 3.05) is 6.54 Å². The van der Waals surface area contributed by atoms with Crippen LogP contribution in [-0.2, 0) is 10.4 Å². The lowest BCUT2D eigenvalue weighted by Gasteiger charge is -2.16. The van der Waals surface area contributed by atoms with Crippen LogP contribution in [0.4, 0.5) is 5.82 Å². The van der Waals surface area contributed by atoms with Crippen molar-refractivity contribution in [3.8, 4) is 0 Å². The van der Waals surface area contributed by atoms with E-state index in [1.165, 1.54) is 6.08 Å². The summed E-state index contributed by atoms with van der Waals surface area (Å²) in [5.41, 5.74) is 10.6. The molecule has 0 radical (unpaired) electrons.